The Morgan fingerprint density at radius 3 is 2.00 bits per heavy atom. The predicted molar refractivity (Wildman–Crippen MR) is 133 cm³/mol. The van der Waals surface area contributed by atoms with Gasteiger partial charge in [-0.15, -0.1) is 0 Å². The van der Waals surface area contributed by atoms with Crippen LogP contribution < -0.4 is 16.3 Å². The Morgan fingerprint density at radius 1 is 0.763 bits per heavy atom. The number of hydrazine groups is 1. The zero-order valence-electron chi connectivity index (χ0n) is 19.5. The lowest BCUT2D eigenvalue weighted by molar-refractivity contribution is -0.139. The summed E-state index contributed by atoms with van der Waals surface area (Å²) >= 11 is 0. The Bertz CT molecular complexity index is 1540. The Balaban J connectivity index is 1.24. The second-order valence-electron chi connectivity index (χ2n) is 7.75. The van der Waals surface area contributed by atoms with E-state index < -0.39 is 23.8 Å². The van der Waals surface area contributed by atoms with Crippen LogP contribution in [0.3, 0.4) is 0 Å². The lowest BCUT2D eigenvalue weighted by Gasteiger charge is -2.04. The number of carbonyl (C=O) groups is 4. The third-order valence-corrected chi connectivity index (χ3v) is 5.11. The average molecular weight is 516 g/mol. The number of hydrazone groups is 1. The normalized spacial score (nSPS) is 10.8. The van der Waals surface area contributed by atoms with Crippen molar-refractivity contribution in [3.63, 3.8) is 0 Å². The second kappa shape index (κ2) is 11.5. The molecule has 0 saturated heterocycles. The number of hydrogen-bond acceptors (Lipinski definition) is 8. The summed E-state index contributed by atoms with van der Waals surface area (Å²) in [6.07, 6.45) is 1.19. The van der Waals surface area contributed by atoms with Gasteiger partial charge in [-0.1, -0.05) is 24.3 Å². The van der Waals surface area contributed by atoms with Gasteiger partial charge in [0.25, 0.3) is 0 Å². The molecule has 2 aromatic carbocycles. The van der Waals surface area contributed by atoms with Gasteiger partial charge in [0.05, 0.1) is 23.9 Å². The van der Waals surface area contributed by atoms with Crippen LogP contribution in [0.4, 0.5) is 0 Å². The van der Waals surface area contributed by atoms with Crippen molar-refractivity contribution in [1.29, 1.82) is 0 Å². The molecule has 0 unspecified atom stereocenters. The molecule has 0 saturated carbocycles. The van der Waals surface area contributed by atoms with Gasteiger partial charge in [-0.2, -0.15) is 5.10 Å². The van der Waals surface area contributed by atoms with Gasteiger partial charge in [-0.3, -0.25) is 15.0 Å². The fourth-order valence-corrected chi connectivity index (χ4v) is 3.29. The first-order valence-electron chi connectivity index (χ1n) is 11.0. The number of carboxylic acid groups (broad SMARTS) is 2. The highest BCUT2D eigenvalue weighted by Crippen LogP contribution is 2.24. The molecular formula is C26H20N4O8. The number of carboxylic acids is 2. The minimum atomic E-state index is -1.06. The Labute approximate surface area is 214 Å². The molecule has 0 atom stereocenters. The van der Waals surface area contributed by atoms with E-state index in [1.54, 1.807) is 48.5 Å². The third kappa shape index (κ3) is 6.38. The molecule has 0 aliphatic rings. The molecule has 38 heavy (non-hydrogen) atoms. The smallest absolute Gasteiger partial charge is 0.335 e. The van der Waals surface area contributed by atoms with Crippen LogP contribution in [0.1, 0.15) is 32.2 Å². The number of hydrogen-bond donors (Lipinski definition) is 5. The molecular weight excluding hydrogens is 496 g/mol. The zero-order valence-corrected chi connectivity index (χ0v) is 19.5. The molecule has 0 spiro atoms. The molecule has 5 N–H and O–H groups in total. The quantitative estimate of drug-likeness (QED) is 0.127. The molecule has 2 aromatic heterocycles. The number of nitrogens with one attached hydrogen (secondary N) is 3. The maximum atomic E-state index is 12.0. The number of furan rings is 2. The molecule has 0 radical (unpaired) electrons. The molecule has 2 amide bonds. The number of rotatable bonds is 9. The summed E-state index contributed by atoms with van der Waals surface area (Å²) in [5.41, 5.74) is 8.19. The summed E-state index contributed by atoms with van der Waals surface area (Å²) in [7, 11) is 0. The molecule has 12 heteroatoms. The van der Waals surface area contributed by atoms with Crippen LogP contribution in [-0.2, 0) is 16.1 Å². The summed E-state index contributed by atoms with van der Waals surface area (Å²) in [6.45, 7) is 0.0547. The highest BCUT2D eigenvalue weighted by atomic mass is 16.4. The van der Waals surface area contributed by atoms with E-state index in [1.165, 1.54) is 30.5 Å². The van der Waals surface area contributed by atoms with E-state index in [0.717, 1.165) is 0 Å². The van der Waals surface area contributed by atoms with E-state index in [-0.39, 0.29) is 23.4 Å². The SMILES string of the molecule is O=C(N/N=C/c1ccc(-c2cccc(C(=O)O)c2)o1)C(=O)NNCc1ccc(-c2cccc(C(=O)O)c2)o1. The Morgan fingerprint density at radius 2 is 1.37 bits per heavy atom. The fraction of sp³-hybridized carbons (Fsp3) is 0.0385. The van der Waals surface area contributed by atoms with Crippen molar-refractivity contribution in [1.82, 2.24) is 16.3 Å². The van der Waals surface area contributed by atoms with Crippen molar-refractivity contribution in [2.45, 2.75) is 6.54 Å². The Kier molecular flexibility index (Phi) is 7.74. The summed E-state index contributed by atoms with van der Waals surface area (Å²) in [6, 6.07) is 18.9. The van der Waals surface area contributed by atoms with Crippen LogP contribution >= 0.6 is 0 Å². The van der Waals surface area contributed by atoms with Gasteiger partial charge in [0.15, 0.2) is 0 Å². The van der Waals surface area contributed by atoms with Crippen molar-refractivity contribution < 1.29 is 38.2 Å². The largest absolute Gasteiger partial charge is 0.478 e. The lowest BCUT2D eigenvalue weighted by Crippen LogP contribution is -2.44. The molecule has 4 rings (SSSR count). The van der Waals surface area contributed by atoms with E-state index in [2.05, 4.69) is 21.4 Å². The maximum absolute atomic E-state index is 12.0. The first kappa shape index (κ1) is 25.6. The van der Waals surface area contributed by atoms with Crippen LogP contribution in [0.25, 0.3) is 22.6 Å². The number of amides is 2. The molecule has 0 bridgehead atoms. The van der Waals surface area contributed by atoms with Crippen molar-refractivity contribution in [2.24, 2.45) is 5.10 Å². The standard InChI is InChI=1S/C26H20N4O8/c31-23(29-27-13-19-7-9-21(37-19)15-3-1-5-17(11-15)25(33)34)24(32)30-28-14-20-8-10-22(38-20)16-4-2-6-18(12-16)26(35)36/h1-13,28H,14H2,(H,29,31)(H,30,32)(H,33,34)(H,35,36)/b27-13+. The van der Waals surface area contributed by atoms with Crippen LogP contribution in [0.2, 0.25) is 0 Å². The summed E-state index contributed by atoms with van der Waals surface area (Å²) < 4.78 is 11.2. The summed E-state index contributed by atoms with van der Waals surface area (Å²) in [4.78, 5) is 46.2. The van der Waals surface area contributed by atoms with E-state index in [1.807, 2.05) is 0 Å². The van der Waals surface area contributed by atoms with Crippen molar-refractivity contribution in [3.05, 3.63) is 95.4 Å². The number of benzene rings is 2. The maximum Gasteiger partial charge on any atom is 0.335 e. The number of nitrogens with zero attached hydrogens (tertiary/aromatic N) is 1. The van der Waals surface area contributed by atoms with Crippen LogP contribution in [0.5, 0.6) is 0 Å². The van der Waals surface area contributed by atoms with E-state index in [9.17, 15) is 19.2 Å². The molecule has 0 aliphatic heterocycles. The topological polar surface area (TPSA) is 183 Å². The van der Waals surface area contributed by atoms with Gasteiger partial charge in [-0.05, 0) is 48.5 Å². The molecule has 2 heterocycles. The minimum absolute atomic E-state index is 0.0547. The van der Waals surface area contributed by atoms with Crippen LogP contribution in [0, 0.1) is 0 Å². The Hall–Kier alpha value is -5.49. The van der Waals surface area contributed by atoms with E-state index >= 15 is 0 Å². The lowest BCUT2D eigenvalue weighted by atomic mass is 10.1. The molecule has 192 valence electrons. The second-order valence-corrected chi connectivity index (χ2v) is 7.75. The number of carbonyl (C=O) groups excluding carboxylic acids is 2. The van der Waals surface area contributed by atoms with Crippen LogP contribution in [0.15, 0.2) is 86.7 Å². The summed E-state index contributed by atoms with van der Waals surface area (Å²) in [5, 5.41) is 21.9. The molecule has 4 aromatic rings. The van der Waals surface area contributed by atoms with Crippen LogP contribution in [-0.4, -0.2) is 40.2 Å². The monoisotopic (exact) mass is 516 g/mol. The highest BCUT2D eigenvalue weighted by molar-refractivity contribution is 6.34. The fourth-order valence-electron chi connectivity index (χ4n) is 3.29. The highest BCUT2D eigenvalue weighted by Gasteiger charge is 2.13. The minimum Gasteiger partial charge on any atom is -0.478 e. The van der Waals surface area contributed by atoms with Gasteiger partial charge in [0.2, 0.25) is 0 Å². The predicted octanol–water partition coefficient (Wildman–Crippen LogP) is 2.87. The van der Waals surface area contributed by atoms with Gasteiger partial charge in [0, 0.05) is 11.1 Å². The van der Waals surface area contributed by atoms with Gasteiger partial charge < -0.3 is 19.0 Å². The van der Waals surface area contributed by atoms with Crippen molar-refractivity contribution in [3.8, 4) is 22.6 Å². The molecule has 0 aliphatic carbocycles. The molecule has 12 nitrogen and oxygen atoms in total. The van der Waals surface area contributed by atoms with E-state index in [0.29, 0.717) is 28.4 Å². The third-order valence-electron chi connectivity index (χ3n) is 5.11. The van der Waals surface area contributed by atoms with Crippen molar-refractivity contribution in [2.75, 3.05) is 0 Å². The summed E-state index contributed by atoms with van der Waals surface area (Å²) in [5.74, 6) is -2.62. The molecule has 0 fully saturated rings. The van der Waals surface area contributed by atoms with E-state index in [4.69, 9.17) is 19.0 Å². The van der Waals surface area contributed by atoms with Gasteiger partial charge in [-0.25, -0.2) is 20.4 Å². The number of aromatic carboxylic acids is 2. The van der Waals surface area contributed by atoms with Crippen molar-refractivity contribution >= 4 is 30.0 Å². The average Bonchev–Trinajstić information content (AvgIpc) is 3.59. The van der Waals surface area contributed by atoms with Gasteiger partial charge in [0.1, 0.15) is 23.0 Å². The van der Waals surface area contributed by atoms with Gasteiger partial charge >= 0.3 is 23.8 Å². The zero-order chi connectivity index (χ0) is 27.1. The first-order chi connectivity index (χ1) is 18.3. The first-order valence-corrected chi connectivity index (χ1v) is 11.0.